The first-order valence-electron chi connectivity index (χ1n) is 9.21. The molecule has 0 saturated carbocycles. The Kier molecular flexibility index (Phi) is 6.69. The summed E-state index contributed by atoms with van der Waals surface area (Å²) in [6.07, 6.45) is 0.0755. The fraction of sp³-hybridized carbons (Fsp3) is 0.250. The van der Waals surface area contributed by atoms with Gasteiger partial charge in [-0.05, 0) is 42.7 Å². The molecule has 8 nitrogen and oxygen atoms in total. The van der Waals surface area contributed by atoms with E-state index >= 15 is 0 Å². The molecule has 10 heteroatoms. The van der Waals surface area contributed by atoms with E-state index in [0.29, 0.717) is 18.5 Å². The van der Waals surface area contributed by atoms with E-state index in [1.807, 2.05) is 35.2 Å². The molecule has 0 spiro atoms. The van der Waals surface area contributed by atoms with Gasteiger partial charge in [-0.25, -0.2) is 9.69 Å². The molecule has 1 aliphatic heterocycles. The monoisotopic (exact) mass is 449 g/mol. The third-order valence-electron chi connectivity index (χ3n) is 4.84. The van der Waals surface area contributed by atoms with Crippen LogP contribution in [0.25, 0.3) is 0 Å². The molecule has 30 heavy (non-hydrogen) atoms. The lowest BCUT2D eigenvalue weighted by Gasteiger charge is -2.25. The second-order valence-corrected chi connectivity index (χ2v) is 7.65. The SMILES string of the molecule is NC(=NC(=O)C1CCCN1c1ccccc1)N(Cc1cc(Cl)c(N)c(Cl)c1)C(=O)O. The second kappa shape index (κ2) is 9.23. The van der Waals surface area contributed by atoms with Crippen LogP contribution in [0, 0.1) is 0 Å². The number of nitrogen functional groups attached to an aromatic ring is 1. The highest BCUT2D eigenvalue weighted by atomic mass is 35.5. The Labute approximate surface area is 183 Å². The highest BCUT2D eigenvalue weighted by Crippen LogP contribution is 2.29. The lowest BCUT2D eigenvalue weighted by Crippen LogP contribution is -2.43. The van der Waals surface area contributed by atoms with Crippen molar-refractivity contribution in [1.29, 1.82) is 0 Å². The minimum absolute atomic E-state index is 0.190. The van der Waals surface area contributed by atoms with E-state index in [4.69, 9.17) is 34.7 Å². The standard InChI is InChI=1S/C20H21Cl2N5O3/c21-14-9-12(10-15(22)17(14)23)11-27(20(29)30)19(24)25-18(28)16-7-4-8-26(16)13-5-2-1-3-6-13/h1-3,5-6,9-10,16H,4,7-8,11,23H2,(H,29,30)(H2,24,25,28). The van der Waals surface area contributed by atoms with Gasteiger partial charge in [-0.1, -0.05) is 41.4 Å². The number of guanidine groups is 1. The fourth-order valence-electron chi connectivity index (χ4n) is 3.36. The minimum atomic E-state index is -1.36. The molecule has 2 aromatic rings. The molecular formula is C20H21Cl2N5O3. The highest BCUT2D eigenvalue weighted by Gasteiger charge is 2.31. The van der Waals surface area contributed by atoms with Crippen molar-refractivity contribution in [1.82, 2.24) is 4.90 Å². The minimum Gasteiger partial charge on any atom is -0.465 e. The molecule has 0 aliphatic carbocycles. The van der Waals surface area contributed by atoms with Gasteiger partial charge >= 0.3 is 6.09 Å². The average molecular weight is 450 g/mol. The third kappa shape index (κ3) is 4.77. The smallest absolute Gasteiger partial charge is 0.414 e. The summed E-state index contributed by atoms with van der Waals surface area (Å²) in [7, 11) is 0. The summed E-state index contributed by atoms with van der Waals surface area (Å²) in [6, 6.07) is 12.0. The maximum Gasteiger partial charge on any atom is 0.414 e. The lowest BCUT2D eigenvalue weighted by atomic mass is 10.2. The van der Waals surface area contributed by atoms with Crippen molar-refractivity contribution in [2.75, 3.05) is 17.2 Å². The van der Waals surface area contributed by atoms with Crippen LogP contribution in [0.1, 0.15) is 18.4 Å². The molecule has 2 aromatic carbocycles. The van der Waals surface area contributed by atoms with Gasteiger partial charge in [0.05, 0.1) is 22.3 Å². The number of carbonyl (C=O) groups excluding carboxylic acids is 1. The van der Waals surface area contributed by atoms with Gasteiger partial charge in [-0.15, -0.1) is 0 Å². The molecule has 1 saturated heterocycles. The quantitative estimate of drug-likeness (QED) is 0.372. The van der Waals surface area contributed by atoms with E-state index in [-0.39, 0.29) is 22.3 Å². The summed E-state index contributed by atoms with van der Waals surface area (Å²) in [5.41, 5.74) is 13.2. The van der Waals surface area contributed by atoms with Crippen LogP contribution >= 0.6 is 23.2 Å². The third-order valence-corrected chi connectivity index (χ3v) is 5.46. The van der Waals surface area contributed by atoms with Crippen LogP contribution in [0.2, 0.25) is 10.0 Å². The van der Waals surface area contributed by atoms with E-state index < -0.39 is 24.0 Å². The van der Waals surface area contributed by atoms with Crippen molar-refractivity contribution in [2.24, 2.45) is 10.7 Å². The van der Waals surface area contributed by atoms with Crippen molar-refractivity contribution in [3.05, 3.63) is 58.1 Å². The molecule has 1 aliphatic rings. The number of carboxylic acid groups (broad SMARTS) is 1. The Morgan fingerprint density at radius 1 is 1.20 bits per heavy atom. The number of para-hydroxylation sites is 1. The number of amides is 2. The molecule has 1 atom stereocenters. The number of rotatable bonds is 4. The fourth-order valence-corrected chi connectivity index (χ4v) is 3.89. The topological polar surface area (TPSA) is 125 Å². The van der Waals surface area contributed by atoms with Crippen molar-refractivity contribution in [3.63, 3.8) is 0 Å². The first-order valence-corrected chi connectivity index (χ1v) is 9.97. The summed E-state index contributed by atoms with van der Waals surface area (Å²) < 4.78 is 0. The Balaban J connectivity index is 1.80. The predicted molar refractivity (Wildman–Crippen MR) is 118 cm³/mol. The molecular weight excluding hydrogens is 429 g/mol. The van der Waals surface area contributed by atoms with Crippen molar-refractivity contribution in [2.45, 2.75) is 25.4 Å². The van der Waals surface area contributed by atoms with Crippen LogP contribution in [0.15, 0.2) is 47.5 Å². The average Bonchev–Trinajstić information content (AvgIpc) is 3.20. The maximum atomic E-state index is 12.8. The first-order chi connectivity index (χ1) is 14.3. The molecule has 0 aromatic heterocycles. The van der Waals surface area contributed by atoms with E-state index in [9.17, 15) is 14.7 Å². The van der Waals surface area contributed by atoms with Crippen LogP contribution in [-0.2, 0) is 11.3 Å². The number of aliphatic imine (C=N–C) groups is 1. The van der Waals surface area contributed by atoms with Crippen LogP contribution < -0.4 is 16.4 Å². The number of benzene rings is 2. The van der Waals surface area contributed by atoms with Gasteiger partial charge in [0.15, 0.2) is 0 Å². The van der Waals surface area contributed by atoms with E-state index in [1.165, 1.54) is 12.1 Å². The van der Waals surface area contributed by atoms with Gasteiger partial charge in [-0.2, -0.15) is 4.99 Å². The van der Waals surface area contributed by atoms with E-state index in [2.05, 4.69) is 4.99 Å². The Hall–Kier alpha value is -2.97. The Bertz CT molecular complexity index is 961. The Morgan fingerprint density at radius 3 is 2.43 bits per heavy atom. The first kappa shape index (κ1) is 21.7. The zero-order valence-electron chi connectivity index (χ0n) is 16.0. The van der Waals surface area contributed by atoms with Crippen molar-refractivity contribution < 1.29 is 14.7 Å². The number of nitrogens with zero attached hydrogens (tertiary/aromatic N) is 3. The molecule has 0 radical (unpaired) electrons. The molecule has 2 amide bonds. The van der Waals surface area contributed by atoms with Gasteiger partial charge in [-0.3, -0.25) is 4.79 Å². The van der Waals surface area contributed by atoms with Gasteiger partial charge in [0, 0.05) is 12.2 Å². The van der Waals surface area contributed by atoms with Gasteiger partial charge in [0.25, 0.3) is 5.91 Å². The molecule has 158 valence electrons. The normalized spacial score (nSPS) is 16.5. The van der Waals surface area contributed by atoms with Crippen LogP contribution in [0.3, 0.4) is 0 Å². The molecule has 1 unspecified atom stereocenters. The predicted octanol–water partition coefficient (Wildman–Crippen LogP) is 3.57. The van der Waals surface area contributed by atoms with Crippen molar-refractivity contribution in [3.8, 4) is 0 Å². The molecule has 5 N–H and O–H groups in total. The van der Waals surface area contributed by atoms with Crippen molar-refractivity contribution >= 4 is 52.5 Å². The van der Waals surface area contributed by atoms with Gasteiger partial charge in [0.2, 0.25) is 5.96 Å². The summed E-state index contributed by atoms with van der Waals surface area (Å²) in [6.45, 7) is 0.520. The number of anilines is 2. The van der Waals surface area contributed by atoms with Crippen LogP contribution in [0.4, 0.5) is 16.2 Å². The van der Waals surface area contributed by atoms with Crippen LogP contribution in [0.5, 0.6) is 0 Å². The molecule has 0 bridgehead atoms. The van der Waals surface area contributed by atoms with E-state index in [1.54, 1.807) is 0 Å². The summed E-state index contributed by atoms with van der Waals surface area (Å²) >= 11 is 12.0. The Morgan fingerprint density at radius 2 is 1.83 bits per heavy atom. The van der Waals surface area contributed by atoms with Gasteiger partial charge in [0.1, 0.15) is 6.04 Å². The molecule has 1 heterocycles. The number of halogens is 2. The summed E-state index contributed by atoms with van der Waals surface area (Å²) in [4.78, 5) is 31.1. The second-order valence-electron chi connectivity index (χ2n) is 6.84. The number of hydrogen-bond donors (Lipinski definition) is 3. The summed E-state index contributed by atoms with van der Waals surface area (Å²) in [5, 5.41) is 9.95. The number of nitrogens with two attached hydrogens (primary N) is 2. The largest absolute Gasteiger partial charge is 0.465 e. The zero-order chi connectivity index (χ0) is 21.8. The molecule has 3 rings (SSSR count). The number of hydrogen-bond acceptors (Lipinski definition) is 4. The van der Waals surface area contributed by atoms with E-state index in [0.717, 1.165) is 17.0 Å². The lowest BCUT2D eigenvalue weighted by molar-refractivity contribution is -0.118. The number of carbonyl (C=O) groups is 2. The summed E-state index contributed by atoms with van der Waals surface area (Å²) in [5.74, 6) is -0.912. The molecule has 1 fully saturated rings. The zero-order valence-corrected chi connectivity index (χ0v) is 17.5. The van der Waals surface area contributed by atoms with Crippen LogP contribution in [-0.4, -0.2) is 40.6 Å². The highest BCUT2D eigenvalue weighted by molar-refractivity contribution is 6.38. The van der Waals surface area contributed by atoms with Gasteiger partial charge < -0.3 is 21.5 Å². The maximum absolute atomic E-state index is 12.8.